The molecule has 5 nitrogen and oxygen atoms in total. The van der Waals surface area contributed by atoms with Gasteiger partial charge in [0.2, 0.25) is 0 Å². The Morgan fingerprint density at radius 2 is 1.66 bits per heavy atom. The summed E-state index contributed by atoms with van der Waals surface area (Å²) in [7, 11) is 0. The SMILES string of the molecule is Cc1cccc(NC(=O)c2cc(C(=O)Nc3c(C)cccc3C(C)C)ccn2)c1. The Balaban J connectivity index is 1.81. The molecule has 2 N–H and O–H groups in total. The van der Waals surface area contributed by atoms with E-state index >= 15 is 0 Å². The number of aromatic nitrogens is 1. The molecule has 0 saturated heterocycles. The first-order chi connectivity index (χ1) is 13.8. The molecular formula is C24H25N3O2. The Hall–Kier alpha value is -3.47. The van der Waals surface area contributed by atoms with Crippen LogP contribution in [0.25, 0.3) is 0 Å². The van der Waals surface area contributed by atoms with Crippen LogP contribution in [0.15, 0.2) is 60.8 Å². The van der Waals surface area contributed by atoms with Crippen LogP contribution in [0.5, 0.6) is 0 Å². The third kappa shape index (κ3) is 4.88. The van der Waals surface area contributed by atoms with Gasteiger partial charge in [-0.2, -0.15) is 0 Å². The molecule has 5 heteroatoms. The number of rotatable bonds is 5. The molecule has 148 valence electrons. The van der Waals surface area contributed by atoms with Gasteiger partial charge in [0.25, 0.3) is 11.8 Å². The quantitative estimate of drug-likeness (QED) is 0.622. The molecule has 1 aromatic heterocycles. The Morgan fingerprint density at radius 1 is 0.897 bits per heavy atom. The van der Waals surface area contributed by atoms with Gasteiger partial charge in [0.05, 0.1) is 0 Å². The highest BCUT2D eigenvalue weighted by molar-refractivity contribution is 6.08. The Kier molecular flexibility index (Phi) is 6.07. The van der Waals surface area contributed by atoms with Gasteiger partial charge in [-0.15, -0.1) is 0 Å². The fourth-order valence-corrected chi connectivity index (χ4v) is 3.14. The maximum absolute atomic E-state index is 12.8. The van der Waals surface area contributed by atoms with Crippen molar-refractivity contribution in [3.63, 3.8) is 0 Å². The van der Waals surface area contributed by atoms with Gasteiger partial charge in [-0.05, 0) is 60.7 Å². The van der Waals surface area contributed by atoms with E-state index in [2.05, 4.69) is 29.5 Å². The highest BCUT2D eigenvalue weighted by Crippen LogP contribution is 2.27. The smallest absolute Gasteiger partial charge is 0.274 e. The first-order valence-electron chi connectivity index (χ1n) is 9.60. The molecule has 0 unspecified atom stereocenters. The molecule has 3 aromatic rings. The molecular weight excluding hydrogens is 362 g/mol. The van der Waals surface area contributed by atoms with Gasteiger partial charge >= 0.3 is 0 Å². The Bertz CT molecular complexity index is 1060. The van der Waals surface area contributed by atoms with Crippen LogP contribution in [-0.4, -0.2) is 16.8 Å². The van der Waals surface area contributed by atoms with Crippen molar-refractivity contribution in [3.8, 4) is 0 Å². The predicted octanol–water partition coefficient (Wildman–Crippen LogP) is 5.33. The van der Waals surface area contributed by atoms with Gasteiger partial charge in [-0.1, -0.05) is 44.2 Å². The van der Waals surface area contributed by atoms with E-state index in [1.54, 1.807) is 6.07 Å². The second-order valence-electron chi connectivity index (χ2n) is 7.40. The normalized spacial score (nSPS) is 10.7. The highest BCUT2D eigenvalue weighted by Gasteiger charge is 2.16. The molecule has 3 rings (SSSR count). The lowest BCUT2D eigenvalue weighted by atomic mass is 9.98. The summed E-state index contributed by atoms with van der Waals surface area (Å²) in [5.41, 5.74) is 5.19. The number of aryl methyl sites for hydroxylation is 2. The zero-order valence-corrected chi connectivity index (χ0v) is 17.1. The molecule has 0 bridgehead atoms. The predicted molar refractivity (Wildman–Crippen MR) is 117 cm³/mol. The monoisotopic (exact) mass is 387 g/mol. The number of carbonyl (C=O) groups excluding carboxylic acids is 2. The van der Waals surface area contributed by atoms with Crippen molar-refractivity contribution < 1.29 is 9.59 Å². The molecule has 0 fully saturated rings. The number of nitrogens with zero attached hydrogens (tertiary/aromatic N) is 1. The molecule has 0 spiro atoms. The van der Waals surface area contributed by atoms with Crippen molar-refractivity contribution in [3.05, 3.63) is 88.7 Å². The summed E-state index contributed by atoms with van der Waals surface area (Å²) >= 11 is 0. The van der Waals surface area contributed by atoms with Gasteiger partial charge in [0.15, 0.2) is 0 Å². The summed E-state index contributed by atoms with van der Waals surface area (Å²) in [6, 6.07) is 16.6. The first-order valence-corrected chi connectivity index (χ1v) is 9.60. The fraction of sp³-hybridized carbons (Fsp3) is 0.208. The zero-order valence-electron chi connectivity index (χ0n) is 17.1. The zero-order chi connectivity index (χ0) is 21.0. The van der Waals surface area contributed by atoms with Crippen LogP contribution in [0.2, 0.25) is 0 Å². The van der Waals surface area contributed by atoms with Crippen LogP contribution in [0, 0.1) is 13.8 Å². The summed E-state index contributed by atoms with van der Waals surface area (Å²) in [5, 5.41) is 5.82. The molecule has 1 heterocycles. The van der Waals surface area contributed by atoms with Crippen molar-refractivity contribution in [2.75, 3.05) is 10.6 Å². The van der Waals surface area contributed by atoms with E-state index in [1.807, 2.05) is 56.3 Å². The molecule has 29 heavy (non-hydrogen) atoms. The van der Waals surface area contributed by atoms with E-state index < -0.39 is 0 Å². The van der Waals surface area contributed by atoms with E-state index in [0.717, 1.165) is 22.4 Å². The number of hydrogen-bond donors (Lipinski definition) is 2. The number of para-hydroxylation sites is 1. The lowest BCUT2D eigenvalue weighted by Crippen LogP contribution is -2.18. The molecule has 0 atom stereocenters. The summed E-state index contributed by atoms with van der Waals surface area (Å²) in [4.78, 5) is 29.5. The van der Waals surface area contributed by atoms with Crippen molar-refractivity contribution in [2.45, 2.75) is 33.6 Å². The van der Waals surface area contributed by atoms with Crippen LogP contribution >= 0.6 is 0 Å². The second kappa shape index (κ2) is 8.69. The van der Waals surface area contributed by atoms with Crippen LogP contribution in [0.4, 0.5) is 11.4 Å². The topological polar surface area (TPSA) is 71.1 Å². The molecule has 0 radical (unpaired) electrons. The van der Waals surface area contributed by atoms with E-state index in [1.165, 1.54) is 12.3 Å². The molecule has 2 aromatic carbocycles. The first kappa shape index (κ1) is 20.3. The summed E-state index contributed by atoms with van der Waals surface area (Å²) in [6.45, 7) is 8.10. The minimum absolute atomic E-state index is 0.188. The standard InChI is InChI=1S/C24H25N3O2/c1-15(2)20-10-6-8-17(4)22(20)27-23(28)18-11-12-25-21(14-18)24(29)26-19-9-5-7-16(3)13-19/h5-15H,1-4H3,(H,26,29)(H,27,28). The number of benzene rings is 2. The number of anilines is 2. The van der Waals surface area contributed by atoms with Gasteiger partial charge in [-0.3, -0.25) is 14.6 Å². The summed E-state index contributed by atoms with van der Waals surface area (Å²) in [5.74, 6) is -0.351. The van der Waals surface area contributed by atoms with E-state index in [4.69, 9.17) is 0 Å². The Labute approximate surface area is 171 Å². The summed E-state index contributed by atoms with van der Waals surface area (Å²) < 4.78 is 0. The molecule has 0 aliphatic carbocycles. The van der Waals surface area contributed by atoms with Gasteiger partial charge < -0.3 is 10.6 Å². The van der Waals surface area contributed by atoms with Crippen LogP contribution in [0.1, 0.15) is 57.3 Å². The number of amides is 2. The maximum atomic E-state index is 12.8. The minimum Gasteiger partial charge on any atom is -0.321 e. The minimum atomic E-state index is -0.357. The number of hydrogen-bond acceptors (Lipinski definition) is 3. The lowest BCUT2D eigenvalue weighted by molar-refractivity contribution is 0.102. The van der Waals surface area contributed by atoms with Crippen LogP contribution < -0.4 is 10.6 Å². The third-order valence-electron chi connectivity index (χ3n) is 4.70. The highest BCUT2D eigenvalue weighted by atomic mass is 16.2. The molecule has 0 saturated carbocycles. The van der Waals surface area contributed by atoms with Crippen molar-refractivity contribution in [2.24, 2.45) is 0 Å². The van der Waals surface area contributed by atoms with Gasteiger partial charge in [0.1, 0.15) is 5.69 Å². The third-order valence-corrected chi connectivity index (χ3v) is 4.70. The van der Waals surface area contributed by atoms with Crippen molar-refractivity contribution >= 4 is 23.2 Å². The number of carbonyl (C=O) groups is 2. The second-order valence-corrected chi connectivity index (χ2v) is 7.40. The van der Waals surface area contributed by atoms with E-state index in [0.29, 0.717) is 11.3 Å². The Morgan fingerprint density at radius 3 is 2.38 bits per heavy atom. The van der Waals surface area contributed by atoms with Crippen molar-refractivity contribution in [1.82, 2.24) is 4.98 Å². The fourth-order valence-electron chi connectivity index (χ4n) is 3.14. The van der Waals surface area contributed by atoms with Gasteiger partial charge in [0, 0.05) is 23.1 Å². The largest absolute Gasteiger partial charge is 0.321 e. The van der Waals surface area contributed by atoms with Crippen LogP contribution in [-0.2, 0) is 0 Å². The maximum Gasteiger partial charge on any atom is 0.274 e. The molecule has 0 aliphatic rings. The number of nitrogens with one attached hydrogen (secondary N) is 2. The van der Waals surface area contributed by atoms with E-state index in [9.17, 15) is 9.59 Å². The average molecular weight is 387 g/mol. The lowest BCUT2D eigenvalue weighted by Gasteiger charge is -2.16. The van der Waals surface area contributed by atoms with Crippen LogP contribution in [0.3, 0.4) is 0 Å². The molecule has 2 amide bonds. The van der Waals surface area contributed by atoms with Gasteiger partial charge in [-0.25, -0.2) is 0 Å². The molecule has 0 aliphatic heterocycles. The van der Waals surface area contributed by atoms with E-state index in [-0.39, 0.29) is 23.4 Å². The van der Waals surface area contributed by atoms with Crippen molar-refractivity contribution in [1.29, 1.82) is 0 Å². The average Bonchev–Trinajstić information content (AvgIpc) is 2.69. The summed E-state index contributed by atoms with van der Waals surface area (Å²) in [6.07, 6.45) is 1.47. The number of pyridine rings is 1.